The van der Waals surface area contributed by atoms with Crippen LogP contribution in [0.2, 0.25) is 0 Å². The van der Waals surface area contributed by atoms with Gasteiger partial charge >= 0.3 is 12.1 Å². The molecule has 2 aromatic carbocycles. The van der Waals surface area contributed by atoms with Gasteiger partial charge in [0.05, 0.1) is 5.69 Å². The van der Waals surface area contributed by atoms with Crippen LogP contribution < -0.4 is 10.6 Å². The zero-order chi connectivity index (χ0) is 25.1. The number of hydrogen-bond acceptors (Lipinski definition) is 6. The second-order valence-electron chi connectivity index (χ2n) is 8.64. The maximum Gasteiger partial charge on any atom is 0.407 e. The molecule has 2 amide bonds. The first-order valence-electron chi connectivity index (χ1n) is 11.1. The second kappa shape index (κ2) is 9.98. The molecule has 0 saturated heterocycles. The first kappa shape index (κ1) is 24.0. The molecular formula is C25H27N5O5. The van der Waals surface area contributed by atoms with Crippen LogP contribution in [-0.4, -0.2) is 71.0 Å². The molecule has 10 heteroatoms. The molecule has 3 aromatic rings. The average molecular weight is 478 g/mol. The molecule has 0 spiro atoms. The molecule has 35 heavy (non-hydrogen) atoms. The highest BCUT2D eigenvalue weighted by molar-refractivity contribution is 6.01. The Hall–Kier alpha value is -4.18. The van der Waals surface area contributed by atoms with Gasteiger partial charge in [-0.1, -0.05) is 48.5 Å². The number of alkyl carbamates (subject to hydrolysis) is 1. The largest absolute Gasteiger partial charge is 0.476 e. The Kier molecular flexibility index (Phi) is 6.83. The third-order valence-corrected chi connectivity index (χ3v) is 5.79. The molecule has 0 radical (unpaired) electrons. The number of likely N-dealkylation sites (N-methyl/N-ethyl adjacent to an activating group) is 1. The maximum absolute atomic E-state index is 12.9. The Balaban J connectivity index is 1.44. The van der Waals surface area contributed by atoms with Crippen LogP contribution >= 0.6 is 0 Å². The number of fused-ring (bicyclic) bond motifs is 3. The maximum atomic E-state index is 12.9. The third kappa shape index (κ3) is 5.17. The summed E-state index contributed by atoms with van der Waals surface area (Å²) in [5.74, 6) is -1.96. The van der Waals surface area contributed by atoms with E-state index in [4.69, 9.17) is 4.74 Å². The standard InChI is InChI=1S/C25H27N5O5/c1-29(2)12-21(23(31)26-20-13-30(3)28-22(20)24(32)33)27-25(34)35-14-19-17-10-6-4-8-15(17)16-9-5-7-11-18(16)19/h4-11,13,19,21H,12,14H2,1-3H3,(H,26,31)(H,27,34)(H,32,33)/t21-/m0/s1. The lowest BCUT2D eigenvalue weighted by Gasteiger charge is -2.22. The average Bonchev–Trinajstić information content (AvgIpc) is 3.34. The van der Waals surface area contributed by atoms with E-state index >= 15 is 0 Å². The molecular weight excluding hydrogens is 450 g/mol. The van der Waals surface area contributed by atoms with E-state index in [1.54, 1.807) is 26.0 Å². The Bertz CT molecular complexity index is 1220. The number of nitrogens with zero attached hydrogens (tertiary/aromatic N) is 3. The number of carbonyl (C=O) groups excluding carboxylic acids is 2. The van der Waals surface area contributed by atoms with E-state index in [1.165, 1.54) is 10.9 Å². The van der Waals surface area contributed by atoms with Crippen LogP contribution in [0.5, 0.6) is 0 Å². The van der Waals surface area contributed by atoms with E-state index < -0.39 is 24.0 Å². The quantitative estimate of drug-likeness (QED) is 0.455. The SMILES string of the molecule is CN(C)C[C@H](NC(=O)OCC1c2ccccc2-c2ccccc21)C(=O)Nc1cn(C)nc1C(=O)O. The van der Waals surface area contributed by atoms with Gasteiger partial charge in [0.15, 0.2) is 5.69 Å². The van der Waals surface area contributed by atoms with Crippen molar-refractivity contribution in [2.75, 3.05) is 32.6 Å². The smallest absolute Gasteiger partial charge is 0.407 e. The van der Waals surface area contributed by atoms with Crippen molar-refractivity contribution >= 4 is 23.7 Å². The lowest BCUT2D eigenvalue weighted by atomic mass is 9.98. The zero-order valence-corrected chi connectivity index (χ0v) is 19.7. The first-order valence-corrected chi connectivity index (χ1v) is 11.1. The summed E-state index contributed by atoms with van der Waals surface area (Å²) >= 11 is 0. The Morgan fingerprint density at radius 1 is 1.09 bits per heavy atom. The van der Waals surface area contributed by atoms with Crippen LogP contribution in [-0.2, 0) is 16.6 Å². The van der Waals surface area contributed by atoms with Crippen LogP contribution in [0.3, 0.4) is 0 Å². The minimum Gasteiger partial charge on any atom is -0.476 e. The summed E-state index contributed by atoms with van der Waals surface area (Å²) in [4.78, 5) is 38.8. The van der Waals surface area contributed by atoms with Crippen molar-refractivity contribution in [3.8, 4) is 11.1 Å². The molecule has 0 unspecified atom stereocenters. The minimum absolute atomic E-state index is 0.0445. The van der Waals surface area contributed by atoms with Gasteiger partial charge in [-0.15, -0.1) is 0 Å². The molecule has 3 N–H and O–H groups in total. The number of aromatic carboxylic acids is 1. The molecule has 1 atom stereocenters. The number of aryl methyl sites for hydroxylation is 1. The highest BCUT2D eigenvalue weighted by atomic mass is 16.5. The van der Waals surface area contributed by atoms with Gasteiger partial charge in [-0.3, -0.25) is 9.48 Å². The molecule has 0 aliphatic heterocycles. The fourth-order valence-electron chi connectivity index (χ4n) is 4.30. The van der Waals surface area contributed by atoms with E-state index in [2.05, 4.69) is 27.9 Å². The fourth-order valence-corrected chi connectivity index (χ4v) is 4.30. The van der Waals surface area contributed by atoms with Crippen LogP contribution in [0.1, 0.15) is 27.5 Å². The number of rotatable bonds is 8. The van der Waals surface area contributed by atoms with Crippen molar-refractivity contribution in [2.45, 2.75) is 12.0 Å². The summed E-state index contributed by atoms with van der Waals surface area (Å²) in [7, 11) is 5.06. The molecule has 0 bridgehead atoms. The number of hydrogen-bond donors (Lipinski definition) is 3. The number of ether oxygens (including phenoxy) is 1. The van der Waals surface area contributed by atoms with Gasteiger partial charge in [0, 0.05) is 25.7 Å². The Morgan fingerprint density at radius 3 is 2.26 bits per heavy atom. The zero-order valence-electron chi connectivity index (χ0n) is 19.7. The van der Waals surface area contributed by atoms with E-state index in [-0.39, 0.29) is 30.5 Å². The van der Waals surface area contributed by atoms with E-state index in [0.717, 1.165) is 22.3 Å². The van der Waals surface area contributed by atoms with Crippen LogP contribution in [0.4, 0.5) is 10.5 Å². The predicted octanol–water partition coefficient (Wildman–Crippen LogP) is 2.53. The van der Waals surface area contributed by atoms with Crippen molar-refractivity contribution in [1.29, 1.82) is 0 Å². The molecule has 0 saturated carbocycles. The van der Waals surface area contributed by atoms with Gasteiger partial charge < -0.3 is 25.4 Å². The summed E-state index contributed by atoms with van der Waals surface area (Å²) in [5.41, 5.74) is 4.16. The number of nitrogens with one attached hydrogen (secondary N) is 2. The fraction of sp³-hybridized carbons (Fsp3) is 0.280. The van der Waals surface area contributed by atoms with E-state index in [9.17, 15) is 19.5 Å². The number of carbonyl (C=O) groups is 3. The van der Waals surface area contributed by atoms with Crippen LogP contribution in [0, 0.1) is 0 Å². The van der Waals surface area contributed by atoms with Crippen molar-refractivity contribution in [3.05, 3.63) is 71.5 Å². The van der Waals surface area contributed by atoms with Crippen LogP contribution in [0.25, 0.3) is 11.1 Å². The molecule has 182 valence electrons. The number of carboxylic acids is 1. The molecule has 1 aliphatic carbocycles. The molecule has 1 aromatic heterocycles. The Morgan fingerprint density at radius 2 is 1.69 bits per heavy atom. The monoisotopic (exact) mass is 477 g/mol. The second-order valence-corrected chi connectivity index (χ2v) is 8.64. The molecule has 1 heterocycles. The number of aromatic nitrogens is 2. The summed E-state index contributed by atoms with van der Waals surface area (Å²) in [6.07, 6.45) is 0.653. The van der Waals surface area contributed by atoms with Gasteiger partial charge in [0.1, 0.15) is 12.6 Å². The normalized spacial score (nSPS) is 13.1. The van der Waals surface area contributed by atoms with Crippen molar-refractivity contribution in [2.24, 2.45) is 7.05 Å². The van der Waals surface area contributed by atoms with Crippen LogP contribution in [0.15, 0.2) is 54.7 Å². The predicted molar refractivity (Wildman–Crippen MR) is 129 cm³/mol. The third-order valence-electron chi connectivity index (χ3n) is 5.79. The molecule has 4 rings (SSSR count). The van der Waals surface area contributed by atoms with Gasteiger partial charge in [0.2, 0.25) is 5.91 Å². The highest BCUT2D eigenvalue weighted by Gasteiger charge is 2.30. The van der Waals surface area contributed by atoms with Gasteiger partial charge in [-0.05, 0) is 36.3 Å². The summed E-state index contributed by atoms with van der Waals surface area (Å²) in [6, 6.07) is 15.0. The van der Waals surface area contributed by atoms with E-state index in [1.807, 2.05) is 36.4 Å². The van der Waals surface area contributed by atoms with Gasteiger partial charge in [-0.2, -0.15) is 5.10 Å². The van der Waals surface area contributed by atoms with Crippen molar-refractivity contribution < 1.29 is 24.2 Å². The summed E-state index contributed by atoms with van der Waals surface area (Å²) in [5, 5.41) is 18.3. The minimum atomic E-state index is -1.27. The highest BCUT2D eigenvalue weighted by Crippen LogP contribution is 2.44. The number of carboxylic acid groups (broad SMARTS) is 1. The molecule has 1 aliphatic rings. The lowest BCUT2D eigenvalue weighted by molar-refractivity contribution is -0.118. The summed E-state index contributed by atoms with van der Waals surface area (Å²) < 4.78 is 6.85. The lowest BCUT2D eigenvalue weighted by Crippen LogP contribution is -2.49. The summed E-state index contributed by atoms with van der Waals surface area (Å²) in [6.45, 7) is 0.292. The van der Waals surface area contributed by atoms with Crippen molar-refractivity contribution in [3.63, 3.8) is 0 Å². The van der Waals surface area contributed by atoms with E-state index in [0.29, 0.717) is 0 Å². The number of amides is 2. The number of benzene rings is 2. The topological polar surface area (TPSA) is 126 Å². The van der Waals surface area contributed by atoms with Gasteiger partial charge in [0.25, 0.3) is 0 Å². The number of anilines is 1. The van der Waals surface area contributed by atoms with Crippen molar-refractivity contribution in [1.82, 2.24) is 20.0 Å². The molecule has 0 fully saturated rings. The Labute approximate surface area is 202 Å². The molecule has 10 nitrogen and oxygen atoms in total. The van der Waals surface area contributed by atoms with Gasteiger partial charge in [-0.25, -0.2) is 9.59 Å². The first-order chi connectivity index (χ1) is 16.7.